The van der Waals surface area contributed by atoms with Crippen LogP contribution in [0.25, 0.3) is 0 Å². The summed E-state index contributed by atoms with van der Waals surface area (Å²) in [6.07, 6.45) is 11.0. The van der Waals surface area contributed by atoms with E-state index in [9.17, 15) is 9.59 Å². The van der Waals surface area contributed by atoms with Gasteiger partial charge in [0.25, 0.3) is 0 Å². The average molecular weight is 403 g/mol. The topological polar surface area (TPSA) is 52.6 Å². The number of rotatable bonds is 10. The lowest BCUT2D eigenvalue weighted by Crippen LogP contribution is -2.22. The highest BCUT2D eigenvalue weighted by atomic mass is 16.5. The zero-order chi connectivity index (χ0) is 22.0. The highest BCUT2D eigenvalue weighted by Crippen LogP contribution is 2.30. The lowest BCUT2D eigenvalue weighted by atomic mass is 9.89. The summed E-state index contributed by atoms with van der Waals surface area (Å²) in [5, 5.41) is 0. The van der Waals surface area contributed by atoms with E-state index in [0.717, 1.165) is 25.7 Å². The van der Waals surface area contributed by atoms with Crippen molar-refractivity contribution >= 4 is 11.9 Å². The second-order valence-electron chi connectivity index (χ2n) is 8.52. The summed E-state index contributed by atoms with van der Waals surface area (Å²) in [5.74, 6) is -0.823. The molecule has 4 nitrogen and oxygen atoms in total. The van der Waals surface area contributed by atoms with Crippen LogP contribution in [0.15, 0.2) is 46.1 Å². The summed E-state index contributed by atoms with van der Waals surface area (Å²) in [4.78, 5) is 25.0. The molecule has 29 heavy (non-hydrogen) atoms. The number of carbonyl (C=O) groups excluding carboxylic acids is 2. The summed E-state index contributed by atoms with van der Waals surface area (Å²) in [5.41, 5.74) is 4.79. The predicted molar refractivity (Wildman–Crippen MR) is 118 cm³/mol. The number of ether oxygens (including phenoxy) is 2. The number of carbonyl (C=O) groups is 2. The van der Waals surface area contributed by atoms with Crippen molar-refractivity contribution in [2.75, 3.05) is 0 Å². The molecule has 1 aliphatic rings. The maximum Gasteiger partial charge on any atom is 0.335 e. The normalized spacial score (nSPS) is 14.8. The van der Waals surface area contributed by atoms with Gasteiger partial charge in [-0.15, -0.1) is 0 Å². The predicted octanol–water partition coefficient (Wildman–Crippen LogP) is 6.38. The first-order chi connectivity index (χ1) is 13.6. The molecule has 0 aromatic heterocycles. The van der Waals surface area contributed by atoms with E-state index >= 15 is 0 Å². The summed E-state index contributed by atoms with van der Waals surface area (Å²) >= 11 is 0. The van der Waals surface area contributed by atoms with E-state index < -0.39 is 11.9 Å². The molecular weight excluding hydrogens is 364 g/mol. The fourth-order valence-corrected chi connectivity index (χ4v) is 3.13. The standard InChI is InChI=1S/C25H38O4/c1-17(2)10-8-11-20(7)12-9-13-21-14-15-22(24(26)28-18(3)4)23(16-21)25(27)29-19(5)6/h10,12,14,18-19H,8-9,11,13,15-16H2,1-7H3/b20-12+. The van der Waals surface area contributed by atoms with Crippen molar-refractivity contribution in [1.29, 1.82) is 0 Å². The molecule has 0 aromatic carbocycles. The van der Waals surface area contributed by atoms with Gasteiger partial charge in [0, 0.05) is 6.42 Å². The van der Waals surface area contributed by atoms with Crippen molar-refractivity contribution < 1.29 is 19.1 Å². The number of hydrogen-bond donors (Lipinski definition) is 0. The monoisotopic (exact) mass is 402 g/mol. The number of esters is 2. The molecule has 0 fully saturated rings. The van der Waals surface area contributed by atoms with E-state index in [-0.39, 0.29) is 12.2 Å². The van der Waals surface area contributed by atoms with Crippen LogP contribution in [-0.4, -0.2) is 24.1 Å². The molecule has 0 saturated heterocycles. The Hall–Kier alpha value is -2.10. The maximum atomic E-state index is 12.6. The van der Waals surface area contributed by atoms with Crippen molar-refractivity contribution in [2.24, 2.45) is 0 Å². The average Bonchev–Trinajstić information content (AvgIpc) is 2.60. The summed E-state index contributed by atoms with van der Waals surface area (Å²) in [6.45, 7) is 13.6. The van der Waals surface area contributed by atoms with Crippen LogP contribution in [0.4, 0.5) is 0 Å². The first-order valence-electron chi connectivity index (χ1n) is 10.7. The van der Waals surface area contributed by atoms with Gasteiger partial charge in [0.05, 0.1) is 23.4 Å². The highest BCUT2D eigenvalue weighted by molar-refractivity contribution is 6.01. The van der Waals surface area contributed by atoms with Gasteiger partial charge in [-0.1, -0.05) is 34.9 Å². The van der Waals surface area contributed by atoms with Crippen LogP contribution >= 0.6 is 0 Å². The van der Waals surface area contributed by atoms with Gasteiger partial charge in [0.15, 0.2) is 0 Å². The van der Waals surface area contributed by atoms with Gasteiger partial charge in [-0.2, -0.15) is 0 Å². The zero-order valence-corrected chi connectivity index (χ0v) is 19.3. The molecule has 0 aromatic rings. The van der Waals surface area contributed by atoms with E-state index in [1.165, 1.54) is 16.7 Å². The molecule has 0 aliphatic heterocycles. The fourth-order valence-electron chi connectivity index (χ4n) is 3.13. The number of allylic oxidation sites excluding steroid dienone is 6. The SMILES string of the molecule is CC(C)=CCC/C(C)=C/CCC1=CCC(C(=O)OC(C)C)=C(C(=O)OC(C)C)C1. The van der Waals surface area contributed by atoms with Gasteiger partial charge in [-0.05, 0) is 80.6 Å². The molecule has 0 saturated carbocycles. The second-order valence-corrected chi connectivity index (χ2v) is 8.52. The fraction of sp³-hybridized carbons (Fsp3) is 0.600. The third kappa shape index (κ3) is 9.78. The molecule has 162 valence electrons. The molecule has 0 bridgehead atoms. The molecule has 0 unspecified atom stereocenters. The summed E-state index contributed by atoms with van der Waals surface area (Å²) < 4.78 is 10.7. The Bertz CT molecular complexity index is 698. The van der Waals surface area contributed by atoms with Crippen LogP contribution in [0.1, 0.15) is 87.0 Å². The van der Waals surface area contributed by atoms with Crippen molar-refractivity contribution in [3.8, 4) is 0 Å². The Morgan fingerprint density at radius 3 is 2.07 bits per heavy atom. The van der Waals surface area contributed by atoms with Crippen LogP contribution in [0.2, 0.25) is 0 Å². The third-order valence-corrected chi connectivity index (χ3v) is 4.59. The van der Waals surface area contributed by atoms with Crippen molar-refractivity contribution in [3.63, 3.8) is 0 Å². The van der Waals surface area contributed by atoms with Gasteiger partial charge in [0.2, 0.25) is 0 Å². The molecular formula is C25H38O4. The molecule has 0 N–H and O–H groups in total. The van der Waals surface area contributed by atoms with Crippen molar-refractivity contribution in [2.45, 2.75) is 99.2 Å². The highest BCUT2D eigenvalue weighted by Gasteiger charge is 2.27. The van der Waals surface area contributed by atoms with Crippen LogP contribution < -0.4 is 0 Å². The molecule has 1 aliphatic carbocycles. The molecule has 0 spiro atoms. The van der Waals surface area contributed by atoms with Gasteiger partial charge in [0.1, 0.15) is 0 Å². The summed E-state index contributed by atoms with van der Waals surface area (Å²) in [7, 11) is 0. The van der Waals surface area contributed by atoms with Crippen LogP contribution in [0, 0.1) is 0 Å². The van der Waals surface area contributed by atoms with E-state index in [0.29, 0.717) is 24.0 Å². The molecule has 0 radical (unpaired) electrons. The Kier molecular flexibility index (Phi) is 10.7. The van der Waals surface area contributed by atoms with Crippen LogP contribution in [0.3, 0.4) is 0 Å². The smallest absolute Gasteiger partial charge is 0.335 e. The number of hydrogen-bond acceptors (Lipinski definition) is 4. The minimum atomic E-state index is -0.416. The minimum Gasteiger partial charge on any atom is -0.460 e. The summed E-state index contributed by atoms with van der Waals surface area (Å²) in [6, 6.07) is 0. The van der Waals surface area contributed by atoms with E-state index in [4.69, 9.17) is 9.47 Å². The van der Waals surface area contributed by atoms with Crippen molar-refractivity contribution in [1.82, 2.24) is 0 Å². The van der Waals surface area contributed by atoms with Gasteiger partial charge >= 0.3 is 11.9 Å². The molecule has 0 atom stereocenters. The quantitative estimate of drug-likeness (QED) is 0.314. The lowest BCUT2D eigenvalue weighted by Gasteiger charge is -2.21. The Morgan fingerprint density at radius 2 is 1.52 bits per heavy atom. The van der Waals surface area contributed by atoms with E-state index in [2.05, 4.69) is 39.0 Å². The second kappa shape index (κ2) is 12.5. The Balaban J connectivity index is 2.77. The van der Waals surface area contributed by atoms with Crippen molar-refractivity contribution in [3.05, 3.63) is 46.1 Å². The first kappa shape index (κ1) is 24.9. The third-order valence-electron chi connectivity index (χ3n) is 4.59. The Labute approximate surface area is 176 Å². The zero-order valence-electron chi connectivity index (χ0n) is 19.3. The van der Waals surface area contributed by atoms with Gasteiger partial charge < -0.3 is 9.47 Å². The van der Waals surface area contributed by atoms with Crippen LogP contribution in [0.5, 0.6) is 0 Å². The molecule has 0 amide bonds. The molecule has 1 rings (SSSR count). The minimum absolute atomic E-state index is 0.220. The van der Waals surface area contributed by atoms with E-state index in [1.54, 1.807) is 13.8 Å². The first-order valence-corrected chi connectivity index (χ1v) is 10.7. The lowest BCUT2D eigenvalue weighted by molar-refractivity contribution is -0.146. The molecule has 0 heterocycles. The maximum absolute atomic E-state index is 12.6. The van der Waals surface area contributed by atoms with E-state index in [1.807, 2.05) is 13.8 Å². The van der Waals surface area contributed by atoms with Crippen LogP contribution in [-0.2, 0) is 19.1 Å². The van der Waals surface area contributed by atoms with Gasteiger partial charge in [-0.25, -0.2) is 9.59 Å². The molecule has 4 heteroatoms. The largest absolute Gasteiger partial charge is 0.460 e. The Morgan fingerprint density at radius 1 is 0.931 bits per heavy atom. The van der Waals surface area contributed by atoms with Gasteiger partial charge in [-0.3, -0.25) is 0 Å².